The van der Waals surface area contributed by atoms with Crippen LogP contribution in [-0.2, 0) is 0 Å². The quantitative estimate of drug-likeness (QED) is 0.751. The van der Waals surface area contributed by atoms with Crippen LogP contribution in [0.5, 0.6) is 0 Å². The second-order valence-electron chi connectivity index (χ2n) is 7.16. The number of quaternary nitrogens is 1. The fraction of sp³-hybridized carbons (Fsp3) is 0.333. The highest BCUT2D eigenvalue weighted by molar-refractivity contribution is 6.30. The van der Waals surface area contributed by atoms with Crippen LogP contribution in [0.15, 0.2) is 52.9 Å². The third-order valence-electron chi connectivity index (χ3n) is 5.27. The van der Waals surface area contributed by atoms with Crippen molar-refractivity contribution in [3.05, 3.63) is 65.0 Å². The van der Waals surface area contributed by atoms with Crippen LogP contribution in [-0.4, -0.2) is 36.4 Å². The molecule has 0 aliphatic carbocycles. The lowest BCUT2D eigenvalue weighted by atomic mass is 10.1. The Bertz CT molecular complexity index is 918. The number of nitrogens with one attached hydrogen (secondary N) is 1. The Kier molecular flexibility index (Phi) is 5.14. The first-order chi connectivity index (χ1) is 13.1. The molecule has 0 radical (unpaired) electrons. The SMILES string of the molecule is Cc1cccc(-c2nnc([C@@H](C)[NH+]3CCN(c4cccc(Cl)c4)CC3)o2)c1. The van der Waals surface area contributed by atoms with Crippen LogP contribution in [0.3, 0.4) is 0 Å². The summed E-state index contributed by atoms with van der Waals surface area (Å²) in [6.07, 6.45) is 0. The summed E-state index contributed by atoms with van der Waals surface area (Å²) in [7, 11) is 0. The molecule has 1 aliphatic heterocycles. The molecule has 1 fully saturated rings. The highest BCUT2D eigenvalue weighted by Crippen LogP contribution is 2.22. The largest absolute Gasteiger partial charge is 0.415 e. The van der Waals surface area contributed by atoms with Gasteiger partial charge in [-0.15, -0.1) is 10.2 Å². The van der Waals surface area contributed by atoms with Crippen molar-refractivity contribution < 1.29 is 9.32 Å². The van der Waals surface area contributed by atoms with Crippen molar-refractivity contribution in [2.45, 2.75) is 19.9 Å². The van der Waals surface area contributed by atoms with Gasteiger partial charge in [0, 0.05) is 16.3 Å². The van der Waals surface area contributed by atoms with Gasteiger partial charge in [0.1, 0.15) is 0 Å². The predicted octanol–water partition coefficient (Wildman–Crippen LogP) is 3.16. The van der Waals surface area contributed by atoms with Crippen molar-refractivity contribution in [2.24, 2.45) is 0 Å². The molecule has 1 aliphatic rings. The number of hydrogen-bond acceptors (Lipinski definition) is 4. The van der Waals surface area contributed by atoms with Gasteiger partial charge >= 0.3 is 0 Å². The molecule has 5 nitrogen and oxygen atoms in total. The molecular weight excluding hydrogens is 360 g/mol. The molecule has 1 saturated heterocycles. The maximum atomic E-state index is 6.13. The van der Waals surface area contributed by atoms with E-state index in [1.54, 1.807) is 0 Å². The van der Waals surface area contributed by atoms with Crippen LogP contribution in [0.1, 0.15) is 24.4 Å². The summed E-state index contributed by atoms with van der Waals surface area (Å²) < 4.78 is 5.99. The molecule has 0 amide bonds. The third kappa shape index (κ3) is 3.99. The minimum atomic E-state index is 0.178. The van der Waals surface area contributed by atoms with Gasteiger partial charge < -0.3 is 14.2 Å². The number of nitrogens with zero attached hydrogens (tertiary/aromatic N) is 3. The van der Waals surface area contributed by atoms with Gasteiger partial charge in [0.25, 0.3) is 5.89 Å². The topological polar surface area (TPSA) is 46.6 Å². The molecule has 3 aromatic rings. The second kappa shape index (κ2) is 7.71. The lowest BCUT2D eigenvalue weighted by molar-refractivity contribution is -0.931. The Morgan fingerprint density at radius 2 is 1.85 bits per heavy atom. The van der Waals surface area contributed by atoms with Crippen LogP contribution >= 0.6 is 11.6 Å². The van der Waals surface area contributed by atoms with E-state index in [4.69, 9.17) is 16.0 Å². The number of piperazine rings is 1. The molecule has 0 saturated carbocycles. The molecular formula is C21H24ClN4O+. The normalized spacial score (nSPS) is 16.5. The average molecular weight is 384 g/mol. The van der Waals surface area contributed by atoms with Gasteiger partial charge in [-0.05, 0) is 44.2 Å². The minimum absolute atomic E-state index is 0.178. The lowest BCUT2D eigenvalue weighted by Gasteiger charge is -2.35. The Morgan fingerprint density at radius 3 is 2.59 bits per heavy atom. The smallest absolute Gasteiger partial charge is 0.274 e. The maximum absolute atomic E-state index is 6.13. The van der Waals surface area contributed by atoms with Gasteiger partial charge in [-0.2, -0.15) is 0 Å². The number of hydrogen-bond donors (Lipinski definition) is 1. The first kappa shape index (κ1) is 18.0. The molecule has 140 valence electrons. The summed E-state index contributed by atoms with van der Waals surface area (Å²) in [5.74, 6) is 1.30. The number of halogens is 1. The van der Waals surface area contributed by atoms with E-state index in [2.05, 4.69) is 47.1 Å². The van der Waals surface area contributed by atoms with Crippen molar-refractivity contribution in [2.75, 3.05) is 31.1 Å². The summed E-state index contributed by atoms with van der Waals surface area (Å²) in [6.45, 7) is 8.24. The summed E-state index contributed by atoms with van der Waals surface area (Å²) in [5, 5.41) is 9.36. The molecule has 0 spiro atoms. The van der Waals surface area contributed by atoms with Crippen LogP contribution < -0.4 is 9.80 Å². The van der Waals surface area contributed by atoms with Crippen LogP contribution in [0.25, 0.3) is 11.5 Å². The fourth-order valence-corrected chi connectivity index (χ4v) is 3.82. The summed E-state index contributed by atoms with van der Waals surface area (Å²) in [4.78, 5) is 3.85. The molecule has 6 heteroatoms. The van der Waals surface area contributed by atoms with Gasteiger partial charge in [0.2, 0.25) is 5.89 Å². The standard InChI is InChI=1S/C21H23ClN4O/c1-15-5-3-6-17(13-15)21-24-23-20(27-21)16(2)25-9-11-26(12-10-25)19-8-4-7-18(22)14-19/h3-8,13-14,16H,9-12H2,1-2H3/p+1/t16-/m1/s1. The highest BCUT2D eigenvalue weighted by Gasteiger charge is 2.29. The Morgan fingerprint density at radius 1 is 1.07 bits per heavy atom. The predicted molar refractivity (Wildman–Crippen MR) is 107 cm³/mol. The molecule has 1 N–H and O–H groups in total. The number of aromatic nitrogens is 2. The molecule has 2 heterocycles. The zero-order valence-electron chi connectivity index (χ0n) is 15.7. The first-order valence-corrected chi connectivity index (χ1v) is 9.73. The van der Waals surface area contributed by atoms with Crippen molar-refractivity contribution in [3.8, 4) is 11.5 Å². The van der Waals surface area contributed by atoms with Gasteiger partial charge in [0.05, 0.1) is 26.2 Å². The monoisotopic (exact) mass is 383 g/mol. The number of aryl methyl sites for hydroxylation is 1. The lowest BCUT2D eigenvalue weighted by Crippen LogP contribution is -3.14. The Labute approximate surface area is 164 Å². The number of anilines is 1. The number of rotatable bonds is 4. The Balaban J connectivity index is 1.42. The number of benzene rings is 2. The van der Waals surface area contributed by atoms with Gasteiger partial charge in [0.15, 0.2) is 6.04 Å². The van der Waals surface area contributed by atoms with E-state index < -0.39 is 0 Å². The van der Waals surface area contributed by atoms with E-state index in [9.17, 15) is 0 Å². The van der Waals surface area contributed by atoms with Crippen molar-refractivity contribution >= 4 is 17.3 Å². The van der Waals surface area contributed by atoms with Crippen molar-refractivity contribution in [1.82, 2.24) is 10.2 Å². The highest BCUT2D eigenvalue weighted by atomic mass is 35.5. The maximum Gasteiger partial charge on any atom is 0.274 e. The van der Waals surface area contributed by atoms with E-state index in [0.29, 0.717) is 11.8 Å². The molecule has 1 aromatic heterocycles. The fourth-order valence-electron chi connectivity index (χ4n) is 3.64. The average Bonchev–Trinajstić information content (AvgIpc) is 3.18. The van der Waals surface area contributed by atoms with E-state index in [0.717, 1.165) is 36.8 Å². The molecule has 27 heavy (non-hydrogen) atoms. The summed E-state index contributed by atoms with van der Waals surface area (Å²) in [6, 6.07) is 16.4. The van der Waals surface area contributed by atoms with E-state index >= 15 is 0 Å². The van der Waals surface area contributed by atoms with Crippen molar-refractivity contribution in [3.63, 3.8) is 0 Å². The molecule has 4 rings (SSSR count). The van der Waals surface area contributed by atoms with E-state index in [1.807, 2.05) is 30.3 Å². The van der Waals surface area contributed by atoms with E-state index in [1.165, 1.54) is 16.2 Å². The first-order valence-electron chi connectivity index (χ1n) is 9.36. The van der Waals surface area contributed by atoms with Crippen LogP contribution in [0, 0.1) is 6.92 Å². The van der Waals surface area contributed by atoms with E-state index in [-0.39, 0.29) is 6.04 Å². The minimum Gasteiger partial charge on any atom is -0.415 e. The third-order valence-corrected chi connectivity index (χ3v) is 5.50. The Hall–Kier alpha value is -2.37. The zero-order chi connectivity index (χ0) is 18.8. The second-order valence-corrected chi connectivity index (χ2v) is 7.60. The molecule has 1 atom stereocenters. The van der Waals surface area contributed by atoms with Gasteiger partial charge in [-0.3, -0.25) is 0 Å². The summed E-state index contributed by atoms with van der Waals surface area (Å²) >= 11 is 6.13. The molecule has 0 unspecified atom stereocenters. The molecule has 2 aromatic carbocycles. The molecule has 0 bridgehead atoms. The van der Waals surface area contributed by atoms with Crippen LogP contribution in [0.4, 0.5) is 5.69 Å². The zero-order valence-corrected chi connectivity index (χ0v) is 16.4. The van der Waals surface area contributed by atoms with Crippen LogP contribution in [0.2, 0.25) is 5.02 Å². The summed E-state index contributed by atoms with van der Waals surface area (Å²) in [5.41, 5.74) is 3.35. The van der Waals surface area contributed by atoms with Crippen molar-refractivity contribution in [1.29, 1.82) is 0 Å². The van der Waals surface area contributed by atoms with Gasteiger partial charge in [-0.25, -0.2) is 0 Å². The van der Waals surface area contributed by atoms with Gasteiger partial charge in [-0.1, -0.05) is 35.4 Å².